The second kappa shape index (κ2) is 13.6. The molecule has 2 amide bonds. The van der Waals surface area contributed by atoms with E-state index in [1.165, 1.54) is 30.2 Å². The smallest absolute Gasteiger partial charge is 0.341 e. The molecule has 0 radical (unpaired) electrons. The number of methoxy groups -OCH3 is 1. The Kier molecular flexibility index (Phi) is 9.67. The number of aliphatic carboxylic acids is 1. The molecule has 5 rings (SSSR count). The molecule has 3 aromatic rings. The molecular formula is C33H34N2O6S2. The number of rotatable bonds is 9. The first-order valence-corrected chi connectivity index (χ1v) is 16.0. The van der Waals surface area contributed by atoms with Crippen molar-refractivity contribution in [1.29, 1.82) is 0 Å². The van der Waals surface area contributed by atoms with Crippen molar-refractivity contribution in [3.05, 3.63) is 88.3 Å². The molecule has 2 aliphatic carbocycles. The minimum absolute atomic E-state index is 0.277. The Morgan fingerprint density at radius 1 is 1.00 bits per heavy atom. The van der Waals surface area contributed by atoms with E-state index >= 15 is 0 Å². The number of fused-ring (bicyclic) bond motifs is 1. The van der Waals surface area contributed by atoms with E-state index in [2.05, 4.69) is 17.6 Å². The highest BCUT2D eigenvalue weighted by molar-refractivity contribution is 8.00. The lowest BCUT2D eigenvalue weighted by Gasteiger charge is -2.24. The standard InChI is InChI=1S/C33H34N2O6S2/c1-19-15-16-25-26(17-19)43-31(27(25)33(40)41-2)35-30(37)28(20-9-4-3-5-10-20)42-22-12-8-11-21(18-22)34-29(36)23-13-6-7-14-24(23)32(38)39/h3-12,18-19,23-24,28H,13-17H2,1-2H3,(H,34,36)(H,35,37)(H,38,39). The van der Waals surface area contributed by atoms with Crippen molar-refractivity contribution in [1.82, 2.24) is 0 Å². The van der Waals surface area contributed by atoms with E-state index in [1.807, 2.05) is 42.5 Å². The number of ether oxygens (including phenoxy) is 1. The highest BCUT2D eigenvalue weighted by Crippen LogP contribution is 2.42. The number of thioether (sulfide) groups is 1. The molecule has 1 heterocycles. The zero-order valence-corrected chi connectivity index (χ0v) is 25.6. The number of hydrogen-bond acceptors (Lipinski definition) is 7. The maximum Gasteiger partial charge on any atom is 0.341 e. The minimum Gasteiger partial charge on any atom is -0.481 e. The summed E-state index contributed by atoms with van der Waals surface area (Å²) in [6, 6.07) is 16.6. The average Bonchev–Trinajstić information content (AvgIpc) is 3.36. The normalized spacial score (nSPS) is 20.0. The Balaban J connectivity index is 1.38. The van der Waals surface area contributed by atoms with Crippen molar-refractivity contribution >= 4 is 57.5 Å². The first-order chi connectivity index (χ1) is 20.7. The molecule has 43 heavy (non-hydrogen) atoms. The minimum atomic E-state index is -0.984. The van der Waals surface area contributed by atoms with Crippen LogP contribution < -0.4 is 10.6 Å². The summed E-state index contributed by atoms with van der Waals surface area (Å²) in [6.45, 7) is 2.19. The van der Waals surface area contributed by atoms with Gasteiger partial charge in [-0.05, 0) is 67.3 Å². The zero-order chi connectivity index (χ0) is 30.5. The van der Waals surface area contributed by atoms with Crippen LogP contribution >= 0.6 is 23.1 Å². The monoisotopic (exact) mass is 618 g/mol. The number of benzene rings is 2. The lowest BCUT2D eigenvalue weighted by Crippen LogP contribution is -2.34. The summed E-state index contributed by atoms with van der Waals surface area (Å²) in [7, 11) is 1.35. The van der Waals surface area contributed by atoms with Crippen LogP contribution in [0.4, 0.5) is 10.7 Å². The molecule has 8 nitrogen and oxygen atoms in total. The quantitative estimate of drug-likeness (QED) is 0.138. The summed E-state index contributed by atoms with van der Waals surface area (Å²) in [4.78, 5) is 53.3. The Hall–Kier alpha value is -3.89. The second-order valence-electron chi connectivity index (χ2n) is 11.0. The largest absolute Gasteiger partial charge is 0.481 e. The van der Waals surface area contributed by atoms with Crippen LogP contribution in [0, 0.1) is 17.8 Å². The molecule has 0 saturated heterocycles. The van der Waals surface area contributed by atoms with Gasteiger partial charge in [-0.2, -0.15) is 0 Å². The number of carboxylic acids is 1. The van der Waals surface area contributed by atoms with Gasteiger partial charge in [-0.1, -0.05) is 55.5 Å². The van der Waals surface area contributed by atoms with Crippen molar-refractivity contribution in [2.45, 2.75) is 49.2 Å². The van der Waals surface area contributed by atoms with Crippen LogP contribution in [0.25, 0.3) is 0 Å². The number of hydrogen-bond donors (Lipinski definition) is 3. The van der Waals surface area contributed by atoms with E-state index in [0.29, 0.717) is 35.0 Å². The molecule has 10 heteroatoms. The van der Waals surface area contributed by atoms with Gasteiger partial charge in [-0.3, -0.25) is 14.4 Å². The highest BCUT2D eigenvalue weighted by Gasteiger charge is 2.34. The van der Waals surface area contributed by atoms with Crippen LogP contribution in [-0.2, 0) is 32.0 Å². The lowest BCUT2D eigenvalue weighted by molar-refractivity contribution is -0.146. The predicted octanol–water partition coefficient (Wildman–Crippen LogP) is 6.74. The van der Waals surface area contributed by atoms with Gasteiger partial charge in [0.1, 0.15) is 10.3 Å². The average molecular weight is 619 g/mol. The van der Waals surface area contributed by atoms with Crippen LogP contribution in [0.3, 0.4) is 0 Å². The molecule has 1 aromatic heterocycles. The Morgan fingerprint density at radius 3 is 2.47 bits per heavy atom. The van der Waals surface area contributed by atoms with E-state index < -0.39 is 29.0 Å². The van der Waals surface area contributed by atoms with Gasteiger partial charge < -0.3 is 20.5 Å². The number of amides is 2. The Labute approximate surface area is 258 Å². The van der Waals surface area contributed by atoms with Crippen LogP contribution in [0.2, 0.25) is 0 Å². The van der Waals surface area contributed by atoms with Gasteiger partial charge in [0.05, 0.1) is 24.5 Å². The molecule has 0 aliphatic heterocycles. The predicted molar refractivity (Wildman–Crippen MR) is 169 cm³/mol. The lowest BCUT2D eigenvalue weighted by atomic mass is 9.82. The van der Waals surface area contributed by atoms with Gasteiger partial charge >= 0.3 is 11.9 Å². The van der Waals surface area contributed by atoms with Crippen LogP contribution in [0.15, 0.2) is 71.6 Å². The van der Waals surface area contributed by atoms with Gasteiger partial charge in [-0.25, -0.2) is 4.79 Å². The van der Waals surface area contributed by atoms with Crippen molar-refractivity contribution < 1.29 is 29.0 Å². The summed E-state index contributed by atoms with van der Waals surface area (Å²) in [5, 5.41) is 15.3. The molecule has 0 saturated carbocycles. The van der Waals surface area contributed by atoms with Crippen LogP contribution in [0.5, 0.6) is 0 Å². The van der Waals surface area contributed by atoms with Gasteiger partial charge in [0.15, 0.2) is 0 Å². The fourth-order valence-corrected chi connectivity index (χ4v) is 8.12. The molecular weight excluding hydrogens is 585 g/mol. The molecule has 3 N–H and O–H groups in total. The summed E-state index contributed by atoms with van der Waals surface area (Å²) < 4.78 is 5.10. The number of carbonyl (C=O) groups is 4. The maximum atomic E-state index is 13.9. The summed E-state index contributed by atoms with van der Waals surface area (Å²) in [6.07, 6.45) is 6.94. The summed E-state index contributed by atoms with van der Waals surface area (Å²) >= 11 is 2.77. The first-order valence-electron chi connectivity index (χ1n) is 14.3. The van der Waals surface area contributed by atoms with E-state index in [1.54, 1.807) is 24.3 Å². The van der Waals surface area contributed by atoms with Gasteiger partial charge in [0.2, 0.25) is 11.8 Å². The van der Waals surface area contributed by atoms with E-state index in [9.17, 15) is 24.3 Å². The third-order valence-electron chi connectivity index (χ3n) is 7.92. The second-order valence-corrected chi connectivity index (χ2v) is 13.2. The molecule has 224 valence electrons. The SMILES string of the molecule is COC(=O)c1c(NC(=O)C(Sc2cccc(NC(=O)C3CC=CCC3C(=O)O)c2)c2ccccc2)sc2c1CCC(C)C2. The molecule has 2 aliphatic rings. The van der Waals surface area contributed by atoms with Crippen molar-refractivity contribution in [2.75, 3.05) is 17.7 Å². The highest BCUT2D eigenvalue weighted by atomic mass is 32.2. The molecule has 0 bridgehead atoms. The van der Waals surface area contributed by atoms with Gasteiger partial charge in [-0.15, -0.1) is 23.1 Å². The van der Waals surface area contributed by atoms with Crippen molar-refractivity contribution in [2.24, 2.45) is 17.8 Å². The fraction of sp³-hybridized carbons (Fsp3) is 0.333. The fourth-order valence-electron chi connectivity index (χ4n) is 5.63. The zero-order valence-electron chi connectivity index (χ0n) is 24.0. The van der Waals surface area contributed by atoms with Gasteiger partial charge in [0.25, 0.3) is 0 Å². The topological polar surface area (TPSA) is 122 Å². The summed E-state index contributed by atoms with van der Waals surface area (Å²) in [5.74, 6) is -2.98. The third kappa shape index (κ3) is 7.02. The van der Waals surface area contributed by atoms with E-state index in [-0.39, 0.29) is 11.8 Å². The molecule has 4 unspecified atom stereocenters. The number of allylic oxidation sites excluding steroid dienone is 2. The van der Waals surface area contributed by atoms with Crippen molar-refractivity contribution in [3.63, 3.8) is 0 Å². The molecule has 0 spiro atoms. The summed E-state index contributed by atoms with van der Waals surface area (Å²) in [5.41, 5.74) is 2.72. The van der Waals surface area contributed by atoms with Crippen LogP contribution in [0.1, 0.15) is 57.8 Å². The molecule has 2 aromatic carbocycles. The number of carboxylic acid groups (broad SMARTS) is 1. The molecule has 4 atom stereocenters. The van der Waals surface area contributed by atoms with Crippen molar-refractivity contribution in [3.8, 4) is 0 Å². The maximum absolute atomic E-state index is 13.9. The van der Waals surface area contributed by atoms with Gasteiger partial charge in [0, 0.05) is 15.5 Å². The first kappa shape index (κ1) is 30.6. The Morgan fingerprint density at radius 2 is 1.74 bits per heavy atom. The molecule has 0 fully saturated rings. The third-order valence-corrected chi connectivity index (χ3v) is 10.3. The number of nitrogens with one attached hydrogen (secondary N) is 2. The van der Waals surface area contributed by atoms with E-state index in [0.717, 1.165) is 40.2 Å². The number of carbonyl (C=O) groups excluding carboxylic acids is 3. The number of esters is 1. The number of thiophene rings is 1. The van der Waals surface area contributed by atoms with Crippen LogP contribution in [-0.4, -0.2) is 36.0 Å². The van der Waals surface area contributed by atoms with E-state index in [4.69, 9.17) is 4.74 Å². The number of anilines is 2. The Bertz CT molecular complexity index is 1550.